The number of rotatable bonds is 5. The van der Waals surface area contributed by atoms with E-state index in [0.717, 1.165) is 0 Å². The van der Waals surface area contributed by atoms with Gasteiger partial charge in [0.1, 0.15) is 11.2 Å². The Morgan fingerprint density at radius 3 is 2.46 bits per heavy atom. The van der Waals surface area contributed by atoms with E-state index in [2.05, 4.69) is 10.6 Å². The van der Waals surface area contributed by atoms with Gasteiger partial charge in [0.25, 0.3) is 0 Å². The minimum atomic E-state index is -1.31. The van der Waals surface area contributed by atoms with Crippen molar-refractivity contribution in [2.45, 2.75) is 13.8 Å². The predicted molar refractivity (Wildman–Crippen MR) is 96.6 cm³/mol. The molecule has 26 heavy (non-hydrogen) atoms. The van der Waals surface area contributed by atoms with Crippen LogP contribution in [0.4, 0.5) is 11.4 Å². The average molecular weight is 356 g/mol. The molecule has 0 atom stereocenters. The minimum Gasteiger partial charge on any atom is -0.495 e. The van der Waals surface area contributed by atoms with Gasteiger partial charge < -0.3 is 24.8 Å². The van der Waals surface area contributed by atoms with Crippen molar-refractivity contribution < 1.29 is 23.8 Å². The molecule has 2 N–H and O–H groups in total. The molecule has 2 aromatic carbocycles. The Hall–Kier alpha value is -3.22. The van der Waals surface area contributed by atoms with E-state index in [9.17, 15) is 9.59 Å². The first-order valence-corrected chi connectivity index (χ1v) is 8.07. The topological polar surface area (TPSA) is 85.9 Å². The summed E-state index contributed by atoms with van der Waals surface area (Å²) in [5.41, 5.74) is -0.279. The summed E-state index contributed by atoms with van der Waals surface area (Å²) in [6.45, 7) is 3.26. The summed E-state index contributed by atoms with van der Waals surface area (Å²) in [6.07, 6.45) is 0. The van der Waals surface area contributed by atoms with Crippen LogP contribution in [0, 0.1) is 5.41 Å². The number of benzene rings is 2. The van der Waals surface area contributed by atoms with E-state index in [-0.39, 0.29) is 6.79 Å². The summed E-state index contributed by atoms with van der Waals surface area (Å²) in [5.74, 6) is 0.812. The molecular formula is C19H20N2O5. The molecule has 7 heteroatoms. The Morgan fingerprint density at radius 1 is 1.00 bits per heavy atom. The molecule has 0 bridgehead atoms. The van der Waals surface area contributed by atoms with Crippen LogP contribution in [0.5, 0.6) is 17.2 Å². The second-order valence-corrected chi connectivity index (χ2v) is 6.30. The lowest BCUT2D eigenvalue weighted by Gasteiger charge is -2.23. The summed E-state index contributed by atoms with van der Waals surface area (Å²) in [5, 5.41) is 5.48. The smallest absolute Gasteiger partial charge is 0.239 e. The van der Waals surface area contributed by atoms with Crippen LogP contribution in [0.2, 0.25) is 0 Å². The van der Waals surface area contributed by atoms with Crippen LogP contribution < -0.4 is 24.8 Å². The van der Waals surface area contributed by atoms with Crippen LogP contribution in [0.15, 0.2) is 42.5 Å². The third kappa shape index (κ3) is 3.42. The number of hydrogen-bond donors (Lipinski definition) is 2. The zero-order valence-corrected chi connectivity index (χ0v) is 14.8. The third-order valence-corrected chi connectivity index (χ3v) is 4.12. The van der Waals surface area contributed by atoms with Gasteiger partial charge >= 0.3 is 0 Å². The van der Waals surface area contributed by atoms with Crippen LogP contribution in [-0.2, 0) is 9.59 Å². The van der Waals surface area contributed by atoms with Gasteiger partial charge in [-0.3, -0.25) is 9.59 Å². The minimum absolute atomic E-state index is 0.152. The van der Waals surface area contributed by atoms with Crippen LogP contribution in [-0.4, -0.2) is 25.7 Å². The first-order valence-electron chi connectivity index (χ1n) is 8.07. The van der Waals surface area contributed by atoms with E-state index >= 15 is 0 Å². The van der Waals surface area contributed by atoms with Gasteiger partial charge in [-0.1, -0.05) is 12.1 Å². The van der Waals surface area contributed by atoms with Crippen molar-refractivity contribution in [3.8, 4) is 17.2 Å². The SMILES string of the molecule is COc1ccccc1NC(=O)C(C)(C)C(=O)Nc1ccc2c(c1)OCO2. The van der Waals surface area contributed by atoms with Crippen LogP contribution in [0.1, 0.15) is 13.8 Å². The van der Waals surface area contributed by atoms with E-state index in [4.69, 9.17) is 14.2 Å². The fourth-order valence-electron chi connectivity index (χ4n) is 2.39. The molecule has 0 unspecified atom stereocenters. The monoisotopic (exact) mass is 356 g/mol. The predicted octanol–water partition coefficient (Wildman–Crippen LogP) is 3.03. The number of carbonyl (C=O) groups excluding carboxylic acids is 2. The summed E-state index contributed by atoms with van der Waals surface area (Å²) < 4.78 is 15.7. The first-order chi connectivity index (χ1) is 12.4. The summed E-state index contributed by atoms with van der Waals surface area (Å²) in [4.78, 5) is 25.3. The van der Waals surface area contributed by atoms with Gasteiger partial charge in [0.05, 0.1) is 12.8 Å². The van der Waals surface area contributed by atoms with Crippen molar-refractivity contribution in [3.63, 3.8) is 0 Å². The largest absolute Gasteiger partial charge is 0.495 e. The molecule has 2 amide bonds. The lowest BCUT2D eigenvalue weighted by atomic mass is 9.90. The maximum absolute atomic E-state index is 12.6. The Balaban J connectivity index is 1.72. The normalized spacial score (nSPS) is 12.4. The van der Waals surface area contributed by atoms with Crippen molar-refractivity contribution in [1.29, 1.82) is 0 Å². The Labute approximate surface area is 151 Å². The molecule has 1 aliphatic rings. The molecule has 0 saturated heterocycles. The zero-order valence-electron chi connectivity index (χ0n) is 14.8. The highest BCUT2D eigenvalue weighted by molar-refractivity contribution is 6.14. The molecule has 3 rings (SSSR count). The van der Waals surface area contributed by atoms with Crippen LogP contribution >= 0.6 is 0 Å². The van der Waals surface area contributed by atoms with Crippen molar-refractivity contribution >= 4 is 23.2 Å². The van der Waals surface area contributed by atoms with E-state index in [1.165, 1.54) is 7.11 Å². The maximum atomic E-state index is 12.6. The Kier molecular flexibility index (Phi) is 4.71. The number of hydrogen-bond acceptors (Lipinski definition) is 5. The fraction of sp³-hybridized carbons (Fsp3) is 0.263. The van der Waals surface area contributed by atoms with Gasteiger partial charge in [0.2, 0.25) is 18.6 Å². The zero-order chi connectivity index (χ0) is 18.7. The van der Waals surface area contributed by atoms with Gasteiger partial charge in [-0.25, -0.2) is 0 Å². The standard InChI is InChI=1S/C19H20N2O5/c1-19(2,18(23)21-13-6-4-5-7-14(13)24-3)17(22)20-12-8-9-15-16(10-12)26-11-25-15/h4-10H,11H2,1-3H3,(H,20,22)(H,21,23). The first kappa shape index (κ1) is 17.6. The molecule has 136 valence electrons. The Morgan fingerprint density at radius 2 is 1.69 bits per heavy atom. The highest BCUT2D eigenvalue weighted by atomic mass is 16.7. The molecule has 0 aromatic heterocycles. The lowest BCUT2D eigenvalue weighted by molar-refractivity contribution is -0.135. The number of amides is 2. The molecule has 0 aliphatic carbocycles. The van der Waals surface area contributed by atoms with E-state index in [1.807, 2.05) is 0 Å². The number of anilines is 2. The molecule has 0 radical (unpaired) electrons. The van der Waals surface area contributed by atoms with Gasteiger partial charge in [-0.05, 0) is 38.1 Å². The van der Waals surface area contributed by atoms with Crippen molar-refractivity contribution in [1.82, 2.24) is 0 Å². The molecule has 0 saturated carbocycles. The molecule has 0 fully saturated rings. The summed E-state index contributed by atoms with van der Waals surface area (Å²) in [6, 6.07) is 12.1. The summed E-state index contributed by atoms with van der Waals surface area (Å²) in [7, 11) is 1.52. The van der Waals surface area contributed by atoms with E-state index in [1.54, 1.807) is 56.3 Å². The van der Waals surface area contributed by atoms with Crippen molar-refractivity contribution in [2.24, 2.45) is 5.41 Å². The average Bonchev–Trinajstić information content (AvgIpc) is 3.09. The second-order valence-electron chi connectivity index (χ2n) is 6.30. The quantitative estimate of drug-likeness (QED) is 0.804. The molecule has 0 spiro atoms. The number of fused-ring (bicyclic) bond motifs is 1. The third-order valence-electron chi connectivity index (χ3n) is 4.12. The van der Waals surface area contributed by atoms with Gasteiger partial charge in [0, 0.05) is 11.8 Å². The molecule has 1 aliphatic heterocycles. The number of para-hydroxylation sites is 2. The van der Waals surface area contributed by atoms with Gasteiger partial charge in [-0.2, -0.15) is 0 Å². The molecule has 1 heterocycles. The van der Waals surface area contributed by atoms with Crippen molar-refractivity contribution in [3.05, 3.63) is 42.5 Å². The van der Waals surface area contributed by atoms with Crippen LogP contribution in [0.3, 0.4) is 0 Å². The Bertz CT molecular complexity index is 848. The number of ether oxygens (including phenoxy) is 3. The van der Waals surface area contributed by atoms with Gasteiger partial charge in [-0.15, -0.1) is 0 Å². The van der Waals surface area contributed by atoms with E-state index < -0.39 is 17.2 Å². The number of carbonyl (C=O) groups is 2. The van der Waals surface area contributed by atoms with E-state index in [0.29, 0.717) is 28.6 Å². The van der Waals surface area contributed by atoms with Gasteiger partial charge in [0.15, 0.2) is 11.5 Å². The number of nitrogens with one attached hydrogen (secondary N) is 2. The highest BCUT2D eigenvalue weighted by Crippen LogP contribution is 2.35. The number of methoxy groups -OCH3 is 1. The highest BCUT2D eigenvalue weighted by Gasteiger charge is 2.36. The molecule has 7 nitrogen and oxygen atoms in total. The lowest BCUT2D eigenvalue weighted by Crippen LogP contribution is -2.41. The second kappa shape index (κ2) is 6.95. The molecule has 2 aromatic rings. The molecular weight excluding hydrogens is 336 g/mol. The fourth-order valence-corrected chi connectivity index (χ4v) is 2.39. The van der Waals surface area contributed by atoms with Crippen molar-refractivity contribution in [2.75, 3.05) is 24.5 Å². The van der Waals surface area contributed by atoms with Crippen LogP contribution in [0.25, 0.3) is 0 Å². The summed E-state index contributed by atoms with van der Waals surface area (Å²) >= 11 is 0. The maximum Gasteiger partial charge on any atom is 0.239 e.